The van der Waals surface area contributed by atoms with Gasteiger partial charge in [-0.3, -0.25) is 4.79 Å². The lowest BCUT2D eigenvalue weighted by molar-refractivity contribution is -0.119. The molecule has 0 saturated carbocycles. The topological polar surface area (TPSA) is 83.6 Å². The van der Waals surface area contributed by atoms with Gasteiger partial charge in [0.25, 0.3) is 5.91 Å². The van der Waals surface area contributed by atoms with E-state index in [2.05, 4.69) is 33.8 Å². The average molecular weight is 376 g/mol. The highest BCUT2D eigenvalue weighted by Gasteiger charge is 2.20. The van der Waals surface area contributed by atoms with Crippen molar-refractivity contribution >= 4 is 39.8 Å². The molecule has 1 amide bonds. The Morgan fingerprint density at radius 3 is 2.42 bits per heavy atom. The predicted octanol–water partition coefficient (Wildman–Crippen LogP) is 3.13. The first-order valence-corrected chi connectivity index (χ1v) is 9.23. The van der Waals surface area contributed by atoms with E-state index in [9.17, 15) is 9.59 Å². The number of esters is 1. The highest BCUT2D eigenvalue weighted by Crippen LogP contribution is 2.24. The molecule has 0 unspecified atom stereocenters. The van der Waals surface area contributed by atoms with Gasteiger partial charge in [0.1, 0.15) is 10.6 Å². The molecule has 1 heterocycles. The second kappa shape index (κ2) is 9.19. The zero-order chi connectivity index (χ0) is 19.1. The zero-order valence-electron chi connectivity index (χ0n) is 15.5. The molecular formula is C18H24N4O3S. The van der Waals surface area contributed by atoms with Gasteiger partial charge in [-0.25, -0.2) is 4.79 Å². The Labute approximate surface area is 157 Å². The normalized spacial score (nSPS) is 10.3. The number of anilines is 3. The number of nitrogens with one attached hydrogen (secondary N) is 2. The Bertz CT molecular complexity index is 754. The number of aryl methyl sites for hydroxylation is 1. The summed E-state index contributed by atoms with van der Waals surface area (Å²) in [5, 5.41) is 6.25. The monoisotopic (exact) mass is 376 g/mol. The quantitative estimate of drug-likeness (QED) is 0.689. The largest absolute Gasteiger partial charge is 0.452 e. The summed E-state index contributed by atoms with van der Waals surface area (Å²) in [5.41, 5.74) is 2.70. The smallest absolute Gasteiger partial charge is 0.343 e. The van der Waals surface area contributed by atoms with Crippen molar-refractivity contribution in [1.82, 2.24) is 4.37 Å². The summed E-state index contributed by atoms with van der Waals surface area (Å²) in [5.74, 6) is -0.951. The van der Waals surface area contributed by atoms with Crippen LogP contribution < -0.4 is 15.5 Å². The summed E-state index contributed by atoms with van der Waals surface area (Å²) >= 11 is 1.18. The summed E-state index contributed by atoms with van der Waals surface area (Å²) < 4.78 is 9.22. The van der Waals surface area contributed by atoms with Crippen LogP contribution in [-0.2, 0) is 9.53 Å². The fourth-order valence-electron chi connectivity index (χ4n) is 2.53. The van der Waals surface area contributed by atoms with Crippen LogP contribution in [0, 0.1) is 6.92 Å². The van der Waals surface area contributed by atoms with Gasteiger partial charge in [0.15, 0.2) is 6.61 Å². The number of hydrogen-bond donors (Lipinski definition) is 2. The van der Waals surface area contributed by atoms with Gasteiger partial charge in [0.05, 0.1) is 5.69 Å². The Balaban J connectivity index is 1.90. The maximum absolute atomic E-state index is 12.2. The first-order chi connectivity index (χ1) is 12.5. The molecule has 1 aromatic carbocycles. The van der Waals surface area contributed by atoms with Crippen LogP contribution in [0.3, 0.4) is 0 Å². The molecule has 8 heteroatoms. The van der Waals surface area contributed by atoms with Crippen molar-refractivity contribution in [2.45, 2.75) is 20.8 Å². The number of benzene rings is 1. The van der Waals surface area contributed by atoms with Crippen molar-refractivity contribution in [2.75, 3.05) is 42.3 Å². The number of ether oxygens (including phenoxy) is 1. The SMILES string of the molecule is CCN(CC)c1ccc(NC(=O)COC(=O)c2c(C)nsc2NC)cc1. The summed E-state index contributed by atoms with van der Waals surface area (Å²) in [4.78, 5) is 26.4. The van der Waals surface area contributed by atoms with E-state index in [0.29, 0.717) is 21.9 Å². The van der Waals surface area contributed by atoms with Gasteiger partial charge in [-0.15, -0.1) is 0 Å². The first kappa shape index (κ1) is 19.7. The standard InChI is InChI=1S/C18H24N4O3S/c1-5-22(6-2)14-9-7-13(8-10-14)20-15(23)11-25-18(24)16-12(3)21-26-17(16)19-4/h7-10,19H,5-6,11H2,1-4H3,(H,20,23). The molecule has 2 aromatic rings. The molecule has 0 spiro atoms. The fourth-order valence-corrected chi connectivity index (χ4v) is 3.26. The Morgan fingerprint density at radius 2 is 1.85 bits per heavy atom. The Hall–Kier alpha value is -2.61. The van der Waals surface area contributed by atoms with E-state index >= 15 is 0 Å². The van der Waals surface area contributed by atoms with Gasteiger partial charge in [-0.2, -0.15) is 4.37 Å². The molecule has 26 heavy (non-hydrogen) atoms. The van der Waals surface area contributed by atoms with Crippen LogP contribution in [0.4, 0.5) is 16.4 Å². The third kappa shape index (κ3) is 4.72. The number of amides is 1. The minimum Gasteiger partial charge on any atom is -0.452 e. The average Bonchev–Trinajstić information content (AvgIpc) is 3.03. The molecule has 0 aliphatic heterocycles. The van der Waals surface area contributed by atoms with Gasteiger partial charge in [-0.05, 0) is 56.6 Å². The zero-order valence-corrected chi connectivity index (χ0v) is 16.3. The number of carbonyl (C=O) groups excluding carboxylic acids is 2. The van der Waals surface area contributed by atoms with Crippen LogP contribution in [0.2, 0.25) is 0 Å². The molecule has 0 aliphatic rings. The summed E-state index contributed by atoms with van der Waals surface area (Å²) in [7, 11) is 1.71. The van der Waals surface area contributed by atoms with Crippen LogP contribution in [0.25, 0.3) is 0 Å². The molecule has 0 aliphatic carbocycles. The fraction of sp³-hybridized carbons (Fsp3) is 0.389. The molecule has 1 aromatic heterocycles. The summed E-state index contributed by atoms with van der Waals surface area (Å²) in [6.07, 6.45) is 0. The number of carbonyl (C=O) groups is 2. The summed E-state index contributed by atoms with van der Waals surface area (Å²) in [6, 6.07) is 7.57. The highest BCUT2D eigenvalue weighted by atomic mass is 32.1. The maximum Gasteiger partial charge on any atom is 0.343 e. The van der Waals surface area contributed by atoms with Gasteiger partial charge >= 0.3 is 5.97 Å². The lowest BCUT2D eigenvalue weighted by Gasteiger charge is -2.21. The molecule has 140 valence electrons. The molecule has 0 atom stereocenters. The minimum absolute atomic E-state index is 0.352. The molecule has 2 N–H and O–H groups in total. The van der Waals surface area contributed by atoms with Crippen molar-refractivity contribution in [3.63, 3.8) is 0 Å². The van der Waals surface area contributed by atoms with Crippen molar-refractivity contribution in [1.29, 1.82) is 0 Å². The van der Waals surface area contributed by atoms with Crippen LogP contribution in [0.5, 0.6) is 0 Å². The van der Waals surface area contributed by atoms with E-state index in [1.165, 1.54) is 11.5 Å². The highest BCUT2D eigenvalue weighted by molar-refractivity contribution is 7.10. The third-order valence-electron chi connectivity index (χ3n) is 3.91. The van der Waals surface area contributed by atoms with Crippen LogP contribution in [0.15, 0.2) is 24.3 Å². The lowest BCUT2D eigenvalue weighted by atomic mass is 10.2. The number of nitrogens with zero attached hydrogens (tertiary/aromatic N) is 2. The van der Waals surface area contributed by atoms with E-state index < -0.39 is 5.97 Å². The number of rotatable bonds is 8. The molecule has 0 fully saturated rings. The summed E-state index contributed by atoms with van der Waals surface area (Å²) in [6.45, 7) is 7.41. The maximum atomic E-state index is 12.2. The van der Waals surface area contributed by atoms with E-state index in [0.717, 1.165) is 18.8 Å². The van der Waals surface area contributed by atoms with E-state index in [1.54, 1.807) is 14.0 Å². The lowest BCUT2D eigenvalue weighted by Crippen LogP contribution is -2.22. The Morgan fingerprint density at radius 1 is 1.19 bits per heavy atom. The minimum atomic E-state index is -0.562. The van der Waals surface area contributed by atoms with Gasteiger partial charge in [0.2, 0.25) is 0 Å². The molecular weight excluding hydrogens is 352 g/mol. The van der Waals surface area contributed by atoms with Crippen molar-refractivity contribution in [2.24, 2.45) is 0 Å². The van der Waals surface area contributed by atoms with Crippen LogP contribution in [0.1, 0.15) is 29.9 Å². The third-order valence-corrected chi connectivity index (χ3v) is 4.86. The van der Waals surface area contributed by atoms with Crippen molar-refractivity contribution in [3.8, 4) is 0 Å². The van der Waals surface area contributed by atoms with E-state index in [-0.39, 0.29) is 12.5 Å². The molecule has 0 saturated heterocycles. The number of aromatic nitrogens is 1. The van der Waals surface area contributed by atoms with Gasteiger partial charge in [0, 0.05) is 31.5 Å². The molecule has 0 bridgehead atoms. The van der Waals surface area contributed by atoms with Crippen molar-refractivity contribution < 1.29 is 14.3 Å². The van der Waals surface area contributed by atoms with Crippen molar-refractivity contribution in [3.05, 3.63) is 35.5 Å². The second-order valence-electron chi connectivity index (χ2n) is 5.57. The van der Waals surface area contributed by atoms with Gasteiger partial charge in [-0.1, -0.05) is 0 Å². The molecule has 2 rings (SSSR count). The Kier molecular flexibility index (Phi) is 6.97. The van der Waals surface area contributed by atoms with Crippen LogP contribution in [-0.4, -0.2) is 43.0 Å². The van der Waals surface area contributed by atoms with E-state index in [4.69, 9.17) is 4.74 Å². The second-order valence-corrected chi connectivity index (χ2v) is 6.34. The van der Waals surface area contributed by atoms with E-state index in [1.807, 2.05) is 24.3 Å². The van der Waals surface area contributed by atoms with Gasteiger partial charge < -0.3 is 20.3 Å². The van der Waals surface area contributed by atoms with Crippen LogP contribution >= 0.6 is 11.5 Å². The molecule has 0 radical (unpaired) electrons. The molecule has 7 nitrogen and oxygen atoms in total. The first-order valence-electron chi connectivity index (χ1n) is 8.46. The predicted molar refractivity (Wildman–Crippen MR) is 105 cm³/mol. The number of hydrogen-bond acceptors (Lipinski definition) is 7.